The largest absolute Gasteiger partial charge is 0.375 e. The molecule has 11 heteroatoms. The molecule has 186 valence electrons. The van der Waals surface area contributed by atoms with Gasteiger partial charge in [-0.1, -0.05) is 0 Å². The van der Waals surface area contributed by atoms with Gasteiger partial charge in [0, 0.05) is 30.9 Å². The molecular formula is C24H31FN8O2. The van der Waals surface area contributed by atoms with Crippen molar-refractivity contribution in [2.24, 2.45) is 0 Å². The Kier molecular flexibility index (Phi) is 7.05. The summed E-state index contributed by atoms with van der Waals surface area (Å²) < 4.78 is 20.1. The van der Waals surface area contributed by atoms with Crippen LogP contribution >= 0.6 is 0 Å². The lowest BCUT2D eigenvalue weighted by Gasteiger charge is -2.32. The second kappa shape index (κ2) is 10.5. The Labute approximate surface area is 203 Å². The standard InChI is InChI=1S/C24H31FN8O2/c1-16-15-32(12-13-35-16)22-20-14-28-33(19-6-9-26-10-7-19)23(20)31-21(30-22)17-2-4-18(5-3-17)29-24(34)27-11-8-25/h2-5,14,16,19,26H,6-13,15H2,1H3,(H2,27,29,34). The predicted octanol–water partition coefficient (Wildman–Crippen LogP) is 2.73. The van der Waals surface area contributed by atoms with Crippen LogP contribution in [0.4, 0.5) is 20.7 Å². The number of urea groups is 1. The Morgan fingerprint density at radius 1 is 1.23 bits per heavy atom. The monoisotopic (exact) mass is 482 g/mol. The number of carbonyl (C=O) groups excluding carboxylic acids is 1. The van der Waals surface area contributed by atoms with Crippen molar-refractivity contribution in [2.45, 2.75) is 31.9 Å². The molecule has 0 aliphatic carbocycles. The van der Waals surface area contributed by atoms with Crippen LogP contribution in [-0.2, 0) is 4.74 Å². The third kappa shape index (κ3) is 5.20. The van der Waals surface area contributed by atoms with E-state index < -0.39 is 12.7 Å². The average molecular weight is 483 g/mol. The van der Waals surface area contributed by atoms with Crippen molar-refractivity contribution < 1.29 is 13.9 Å². The van der Waals surface area contributed by atoms with Gasteiger partial charge in [-0.15, -0.1) is 0 Å². The number of hydrogen-bond acceptors (Lipinski definition) is 7. The zero-order valence-corrected chi connectivity index (χ0v) is 19.8. The van der Waals surface area contributed by atoms with E-state index in [1.54, 1.807) is 12.1 Å². The second-order valence-corrected chi connectivity index (χ2v) is 8.95. The fourth-order valence-electron chi connectivity index (χ4n) is 4.65. The van der Waals surface area contributed by atoms with E-state index in [4.69, 9.17) is 19.8 Å². The molecule has 2 aliphatic rings. The first-order chi connectivity index (χ1) is 17.1. The minimum Gasteiger partial charge on any atom is -0.375 e. The number of carbonyl (C=O) groups is 1. The molecule has 1 atom stereocenters. The van der Waals surface area contributed by atoms with Crippen molar-refractivity contribution in [2.75, 3.05) is 56.2 Å². The molecular weight excluding hydrogens is 451 g/mol. The van der Waals surface area contributed by atoms with Crippen molar-refractivity contribution in [1.29, 1.82) is 0 Å². The molecule has 2 saturated heterocycles. The maximum absolute atomic E-state index is 12.3. The maximum atomic E-state index is 12.3. The molecule has 0 saturated carbocycles. The summed E-state index contributed by atoms with van der Waals surface area (Å²) in [6, 6.07) is 7.19. The lowest BCUT2D eigenvalue weighted by atomic mass is 10.1. The summed E-state index contributed by atoms with van der Waals surface area (Å²) >= 11 is 0. The van der Waals surface area contributed by atoms with E-state index in [0.29, 0.717) is 24.2 Å². The molecule has 0 radical (unpaired) electrons. The number of nitrogens with zero attached hydrogens (tertiary/aromatic N) is 5. The Morgan fingerprint density at radius 2 is 2.03 bits per heavy atom. The van der Waals surface area contributed by atoms with Gasteiger partial charge in [-0.3, -0.25) is 0 Å². The van der Waals surface area contributed by atoms with Crippen LogP contribution in [0.2, 0.25) is 0 Å². The van der Waals surface area contributed by atoms with Crippen molar-refractivity contribution in [1.82, 2.24) is 30.4 Å². The number of alkyl halides is 1. The number of rotatable bonds is 6. The Morgan fingerprint density at radius 3 is 2.77 bits per heavy atom. The highest BCUT2D eigenvalue weighted by Crippen LogP contribution is 2.32. The van der Waals surface area contributed by atoms with E-state index in [1.165, 1.54) is 0 Å². The summed E-state index contributed by atoms with van der Waals surface area (Å²) in [6.07, 6.45) is 4.01. The van der Waals surface area contributed by atoms with Gasteiger partial charge in [-0.05, 0) is 57.1 Å². The molecule has 5 rings (SSSR count). The molecule has 3 N–H and O–H groups in total. The first-order valence-electron chi connectivity index (χ1n) is 12.2. The minimum absolute atomic E-state index is 0.0224. The van der Waals surface area contributed by atoms with E-state index in [2.05, 4.69) is 32.5 Å². The van der Waals surface area contributed by atoms with Gasteiger partial charge in [0.05, 0.1) is 30.3 Å². The molecule has 0 bridgehead atoms. The van der Waals surface area contributed by atoms with E-state index in [-0.39, 0.29) is 12.6 Å². The van der Waals surface area contributed by atoms with Crippen LogP contribution < -0.4 is 20.9 Å². The number of anilines is 2. The molecule has 2 amide bonds. The zero-order chi connectivity index (χ0) is 24.2. The highest BCUT2D eigenvalue weighted by Gasteiger charge is 2.25. The van der Waals surface area contributed by atoms with Gasteiger partial charge in [0.25, 0.3) is 0 Å². The number of fused-ring (bicyclic) bond motifs is 1. The first kappa shape index (κ1) is 23.4. The highest BCUT2D eigenvalue weighted by atomic mass is 19.1. The summed E-state index contributed by atoms with van der Waals surface area (Å²) in [6.45, 7) is 5.52. The Hall–Kier alpha value is -3.31. The number of hydrogen-bond donors (Lipinski definition) is 3. The van der Waals surface area contributed by atoms with Crippen molar-refractivity contribution in [3.05, 3.63) is 30.5 Å². The molecule has 2 aromatic heterocycles. The molecule has 2 fully saturated rings. The first-order valence-corrected chi connectivity index (χ1v) is 12.2. The summed E-state index contributed by atoms with van der Waals surface area (Å²) in [5.41, 5.74) is 2.28. The topological polar surface area (TPSA) is 109 Å². The normalized spacial score (nSPS) is 19.1. The molecule has 3 aromatic rings. The molecule has 1 unspecified atom stereocenters. The number of morpholine rings is 1. The third-order valence-electron chi connectivity index (χ3n) is 6.41. The van der Waals surface area contributed by atoms with Crippen LogP contribution in [0.25, 0.3) is 22.4 Å². The van der Waals surface area contributed by atoms with Gasteiger partial charge in [0.15, 0.2) is 11.5 Å². The summed E-state index contributed by atoms with van der Waals surface area (Å²) in [5, 5.41) is 14.3. The maximum Gasteiger partial charge on any atom is 0.319 e. The fraction of sp³-hybridized carbons (Fsp3) is 0.500. The van der Waals surface area contributed by atoms with Gasteiger partial charge in [0.2, 0.25) is 0 Å². The number of amides is 2. The summed E-state index contributed by atoms with van der Waals surface area (Å²) in [5.74, 6) is 1.48. The van der Waals surface area contributed by atoms with Crippen LogP contribution in [0, 0.1) is 0 Å². The Balaban J connectivity index is 1.50. The molecule has 1 aromatic carbocycles. The third-order valence-corrected chi connectivity index (χ3v) is 6.41. The van der Waals surface area contributed by atoms with E-state index >= 15 is 0 Å². The molecule has 0 spiro atoms. The van der Waals surface area contributed by atoms with Crippen molar-refractivity contribution >= 4 is 28.6 Å². The zero-order valence-electron chi connectivity index (χ0n) is 19.8. The van der Waals surface area contributed by atoms with E-state index in [1.807, 2.05) is 18.3 Å². The van der Waals surface area contributed by atoms with Gasteiger partial charge < -0.3 is 25.6 Å². The number of benzene rings is 1. The van der Waals surface area contributed by atoms with Gasteiger partial charge >= 0.3 is 6.03 Å². The predicted molar refractivity (Wildman–Crippen MR) is 133 cm³/mol. The number of piperidine rings is 1. The van der Waals surface area contributed by atoms with Crippen LogP contribution in [0.3, 0.4) is 0 Å². The number of nitrogens with one attached hydrogen (secondary N) is 3. The SMILES string of the molecule is CC1CN(c2nc(-c3ccc(NC(=O)NCCF)cc3)nc3c2cnn3C2CCNCC2)CCO1. The molecule has 4 heterocycles. The molecule has 35 heavy (non-hydrogen) atoms. The fourth-order valence-corrected chi connectivity index (χ4v) is 4.65. The van der Waals surface area contributed by atoms with Crippen LogP contribution in [0.5, 0.6) is 0 Å². The average Bonchev–Trinajstić information content (AvgIpc) is 3.32. The van der Waals surface area contributed by atoms with Crippen molar-refractivity contribution in [3.8, 4) is 11.4 Å². The number of aromatic nitrogens is 4. The van der Waals surface area contributed by atoms with Crippen LogP contribution in [0.1, 0.15) is 25.8 Å². The second-order valence-electron chi connectivity index (χ2n) is 8.95. The van der Waals surface area contributed by atoms with Crippen LogP contribution in [-0.4, -0.2) is 77.9 Å². The Bertz CT molecular complexity index is 1160. The highest BCUT2D eigenvalue weighted by molar-refractivity contribution is 5.90. The minimum atomic E-state index is -0.607. The number of ether oxygens (including phenoxy) is 1. The van der Waals surface area contributed by atoms with Gasteiger partial charge in [-0.25, -0.2) is 23.8 Å². The summed E-state index contributed by atoms with van der Waals surface area (Å²) in [7, 11) is 0. The smallest absolute Gasteiger partial charge is 0.319 e. The number of halogens is 1. The molecule has 10 nitrogen and oxygen atoms in total. The van der Waals surface area contributed by atoms with Gasteiger partial charge in [-0.2, -0.15) is 5.10 Å². The van der Waals surface area contributed by atoms with E-state index in [0.717, 1.165) is 61.4 Å². The van der Waals surface area contributed by atoms with E-state index in [9.17, 15) is 9.18 Å². The summed E-state index contributed by atoms with van der Waals surface area (Å²) in [4.78, 5) is 24.0. The van der Waals surface area contributed by atoms with Crippen LogP contribution in [0.15, 0.2) is 30.5 Å². The van der Waals surface area contributed by atoms with Crippen molar-refractivity contribution in [3.63, 3.8) is 0 Å². The lowest BCUT2D eigenvalue weighted by molar-refractivity contribution is 0.0530. The van der Waals surface area contributed by atoms with Gasteiger partial charge in [0.1, 0.15) is 12.5 Å². The molecule has 2 aliphatic heterocycles. The lowest BCUT2D eigenvalue weighted by Crippen LogP contribution is -2.41. The quantitative estimate of drug-likeness (QED) is 0.496.